The van der Waals surface area contributed by atoms with Gasteiger partial charge in [0.05, 0.1) is 12.3 Å². The molecule has 26 heavy (non-hydrogen) atoms. The highest BCUT2D eigenvalue weighted by Gasteiger charge is 2.16. The van der Waals surface area contributed by atoms with Crippen molar-refractivity contribution >= 4 is 0 Å². The first-order valence-corrected chi connectivity index (χ1v) is 8.84. The Labute approximate surface area is 152 Å². The van der Waals surface area contributed by atoms with Gasteiger partial charge >= 0.3 is 0 Å². The highest BCUT2D eigenvalue weighted by molar-refractivity contribution is 5.75. The van der Waals surface area contributed by atoms with Gasteiger partial charge in [0.15, 0.2) is 0 Å². The molecule has 4 aromatic rings. The standard InChI is InChI=1S/C23H18N2O/c1-2-6-17(7-3-1)20-8-4-5-9-21(20)25-14-13-24-23(25)19-10-11-22-18(16-19)12-15-26-22/h1-11,13-14,16H,12,15H2. The van der Waals surface area contributed by atoms with Crippen LogP contribution < -0.4 is 4.74 Å². The van der Waals surface area contributed by atoms with E-state index in [0.29, 0.717) is 0 Å². The fourth-order valence-corrected chi connectivity index (χ4v) is 3.58. The summed E-state index contributed by atoms with van der Waals surface area (Å²) in [6, 6.07) is 25.3. The zero-order chi connectivity index (χ0) is 17.3. The quantitative estimate of drug-likeness (QED) is 0.517. The Morgan fingerprint density at radius 1 is 0.846 bits per heavy atom. The molecule has 3 aromatic carbocycles. The van der Waals surface area contributed by atoms with E-state index in [2.05, 4.69) is 76.3 Å². The van der Waals surface area contributed by atoms with Gasteiger partial charge in [0.1, 0.15) is 11.6 Å². The van der Waals surface area contributed by atoms with Crippen molar-refractivity contribution in [3.63, 3.8) is 0 Å². The van der Waals surface area contributed by atoms with Gasteiger partial charge in [0, 0.05) is 29.9 Å². The minimum atomic E-state index is 0.768. The van der Waals surface area contributed by atoms with Crippen LogP contribution in [0.4, 0.5) is 0 Å². The third kappa shape index (κ3) is 2.49. The van der Waals surface area contributed by atoms with Crippen molar-refractivity contribution in [2.75, 3.05) is 6.61 Å². The van der Waals surface area contributed by atoms with Gasteiger partial charge in [-0.2, -0.15) is 0 Å². The third-order valence-electron chi connectivity index (χ3n) is 4.84. The Balaban J connectivity index is 1.65. The molecule has 0 N–H and O–H groups in total. The molecule has 3 heteroatoms. The highest BCUT2D eigenvalue weighted by atomic mass is 16.5. The van der Waals surface area contributed by atoms with Gasteiger partial charge in [-0.15, -0.1) is 0 Å². The number of para-hydroxylation sites is 1. The summed E-state index contributed by atoms with van der Waals surface area (Å²) in [5, 5.41) is 0. The smallest absolute Gasteiger partial charge is 0.144 e. The summed E-state index contributed by atoms with van der Waals surface area (Å²) >= 11 is 0. The van der Waals surface area contributed by atoms with Gasteiger partial charge in [-0.3, -0.25) is 4.57 Å². The van der Waals surface area contributed by atoms with Crippen LogP contribution >= 0.6 is 0 Å². The number of hydrogen-bond acceptors (Lipinski definition) is 2. The van der Waals surface area contributed by atoms with Crippen LogP contribution in [-0.4, -0.2) is 16.2 Å². The molecule has 0 fully saturated rings. The summed E-state index contributed by atoms with van der Waals surface area (Å²) in [5.74, 6) is 1.94. The van der Waals surface area contributed by atoms with Crippen LogP contribution in [0.5, 0.6) is 5.75 Å². The summed E-state index contributed by atoms with van der Waals surface area (Å²) in [5.41, 5.74) is 5.89. The van der Waals surface area contributed by atoms with Crippen molar-refractivity contribution in [2.24, 2.45) is 0 Å². The van der Waals surface area contributed by atoms with E-state index in [1.165, 1.54) is 16.7 Å². The van der Waals surface area contributed by atoms with Gasteiger partial charge in [-0.05, 0) is 35.4 Å². The fourth-order valence-electron chi connectivity index (χ4n) is 3.58. The molecule has 0 unspecified atom stereocenters. The second-order valence-electron chi connectivity index (χ2n) is 6.42. The lowest BCUT2D eigenvalue weighted by Gasteiger charge is -2.14. The number of nitrogens with zero attached hydrogens (tertiary/aromatic N) is 2. The van der Waals surface area contributed by atoms with E-state index in [9.17, 15) is 0 Å². The molecule has 0 atom stereocenters. The first-order valence-electron chi connectivity index (χ1n) is 8.84. The first kappa shape index (κ1) is 15.0. The van der Waals surface area contributed by atoms with Crippen LogP contribution in [0.3, 0.4) is 0 Å². The van der Waals surface area contributed by atoms with Gasteiger partial charge in [0.25, 0.3) is 0 Å². The third-order valence-corrected chi connectivity index (χ3v) is 4.84. The van der Waals surface area contributed by atoms with Crippen LogP contribution in [-0.2, 0) is 6.42 Å². The number of rotatable bonds is 3. The lowest BCUT2D eigenvalue weighted by Crippen LogP contribution is -1.99. The van der Waals surface area contributed by atoms with E-state index in [1.807, 2.05) is 18.5 Å². The second kappa shape index (κ2) is 6.19. The molecular formula is C23H18N2O. The van der Waals surface area contributed by atoms with Gasteiger partial charge < -0.3 is 4.74 Å². The van der Waals surface area contributed by atoms with Crippen LogP contribution in [0.15, 0.2) is 85.2 Å². The minimum Gasteiger partial charge on any atom is -0.493 e. The molecule has 0 aliphatic carbocycles. The number of hydrogen-bond donors (Lipinski definition) is 0. The van der Waals surface area contributed by atoms with Crippen molar-refractivity contribution < 1.29 is 4.74 Å². The molecule has 1 aromatic heterocycles. The number of fused-ring (bicyclic) bond motifs is 1. The Bertz CT molecular complexity index is 1070. The summed E-state index contributed by atoms with van der Waals surface area (Å²) in [4.78, 5) is 4.65. The first-order chi connectivity index (χ1) is 12.9. The van der Waals surface area contributed by atoms with Gasteiger partial charge in [0.2, 0.25) is 0 Å². The zero-order valence-electron chi connectivity index (χ0n) is 14.3. The number of imidazole rings is 1. The number of benzene rings is 3. The SMILES string of the molecule is c1ccc(-c2ccccc2-n2ccnc2-c2ccc3c(c2)CCO3)cc1. The molecule has 3 nitrogen and oxygen atoms in total. The molecule has 0 radical (unpaired) electrons. The minimum absolute atomic E-state index is 0.768. The van der Waals surface area contributed by atoms with Crippen LogP contribution in [0.25, 0.3) is 28.2 Å². The molecule has 1 aliphatic rings. The maximum absolute atomic E-state index is 5.64. The lowest BCUT2D eigenvalue weighted by molar-refractivity contribution is 0.357. The molecule has 0 spiro atoms. The molecule has 0 bridgehead atoms. The van der Waals surface area contributed by atoms with E-state index < -0.39 is 0 Å². The van der Waals surface area contributed by atoms with Crippen LogP contribution in [0.1, 0.15) is 5.56 Å². The topological polar surface area (TPSA) is 27.1 Å². The van der Waals surface area contributed by atoms with Crippen LogP contribution in [0.2, 0.25) is 0 Å². The molecule has 1 aliphatic heterocycles. The fraction of sp³-hybridized carbons (Fsp3) is 0.0870. The predicted octanol–water partition coefficient (Wildman–Crippen LogP) is 5.14. The van der Waals surface area contributed by atoms with Crippen molar-refractivity contribution in [1.29, 1.82) is 0 Å². The van der Waals surface area contributed by atoms with Gasteiger partial charge in [-0.1, -0.05) is 48.5 Å². The number of ether oxygens (including phenoxy) is 1. The largest absolute Gasteiger partial charge is 0.493 e. The summed E-state index contributed by atoms with van der Waals surface area (Å²) in [7, 11) is 0. The van der Waals surface area contributed by atoms with E-state index in [-0.39, 0.29) is 0 Å². The molecule has 5 rings (SSSR count). The Morgan fingerprint density at radius 2 is 1.69 bits per heavy atom. The van der Waals surface area contributed by atoms with Crippen molar-refractivity contribution in [1.82, 2.24) is 9.55 Å². The van der Waals surface area contributed by atoms with E-state index >= 15 is 0 Å². The summed E-state index contributed by atoms with van der Waals surface area (Å²) < 4.78 is 7.80. The maximum atomic E-state index is 5.64. The predicted molar refractivity (Wildman–Crippen MR) is 104 cm³/mol. The molecule has 0 amide bonds. The van der Waals surface area contributed by atoms with Crippen molar-refractivity contribution in [3.05, 3.63) is 90.8 Å². The van der Waals surface area contributed by atoms with Crippen molar-refractivity contribution in [2.45, 2.75) is 6.42 Å². The zero-order valence-corrected chi connectivity index (χ0v) is 14.3. The van der Waals surface area contributed by atoms with E-state index in [1.54, 1.807) is 0 Å². The second-order valence-corrected chi connectivity index (χ2v) is 6.42. The molecule has 2 heterocycles. The lowest BCUT2D eigenvalue weighted by atomic mass is 10.0. The number of aromatic nitrogens is 2. The normalized spacial score (nSPS) is 12.6. The summed E-state index contributed by atoms with van der Waals surface area (Å²) in [6.45, 7) is 0.768. The Kier molecular flexibility index (Phi) is 3.56. The van der Waals surface area contributed by atoms with Crippen LogP contribution in [0, 0.1) is 0 Å². The maximum Gasteiger partial charge on any atom is 0.144 e. The average molecular weight is 338 g/mol. The van der Waals surface area contributed by atoms with E-state index in [4.69, 9.17) is 4.74 Å². The van der Waals surface area contributed by atoms with E-state index in [0.717, 1.165) is 35.9 Å². The Hall–Kier alpha value is -3.33. The van der Waals surface area contributed by atoms with Crippen molar-refractivity contribution in [3.8, 4) is 34.0 Å². The molecule has 0 saturated heterocycles. The monoisotopic (exact) mass is 338 g/mol. The molecular weight excluding hydrogens is 320 g/mol. The average Bonchev–Trinajstić information content (AvgIpc) is 3.37. The summed E-state index contributed by atoms with van der Waals surface area (Å²) in [6.07, 6.45) is 4.85. The molecule has 126 valence electrons. The van der Waals surface area contributed by atoms with Gasteiger partial charge in [-0.25, -0.2) is 4.98 Å². The molecule has 0 saturated carbocycles. The Morgan fingerprint density at radius 3 is 2.62 bits per heavy atom. The highest BCUT2D eigenvalue weighted by Crippen LogP contribution is 2.33.